The maximum Gasteiger partial charge on any atom is 0.220 e. The van der Waals surface area contributed by atoms with Gasteiger partial charge < -0.3 is 15.6 Å². The maximum absolute atomic E-state index is 11.7. The van der Waals surface area contributed by atoms with Crippen molar-refractivity contribution in [2.45, 2.75) is 25.8 Å². The third-order valence-corrected chi connectivity index (χ3v) is 3.08. The third-order valence-electron chi connectivity index (χ3n) is 3.08. The summed E-state index contributed by atoms with van der Waals surface area (Å²) in [7, 11) is 0. The fourth-order valence-corrected chi connectivity index (χ4v) is 2.09. The summed E-state index contributed by atoms with van der Waals surface area (Å²) in [4.78, 5) is 14.6. The molecule has 0 aliphatic carbocycles. The van der Waals surface area contributed by atoms with Crippen LogP contribution in [0.15, 0.2) is 18.5 Å². The number of carbonyl (C=O) groups excluding carboxylic acids is 1. The van der Waals surface area contributed by atoms with Gasteiger partial charge in [-0.25, -0.2) is 0 Å². The van der Waals surface area contributed by atoms with E-state index in [4.69, 9.17) is 0 Å². The van der Waals surface area contributed by atoms with Crippen molar-refractivity contribution in [3.63, 3.8) is 0 Å². The highest BCUT2D eigenvalue weighted by Crippen LogP contribution is 2.15. The number of aromatic nitrogens is 1. The average molecular weight is 221 g/mol. The van der Waals surface area contributed by atoms with Crippen LogP contribution in [0, 0.1) is 5.92 Å². The van der Waals surface area contributed by atoms with Crippen molar-refractivity contribution in [2.24, 2.45) is 5.92 Å². The Morgan fingerprint density at radius 3 is 2.94 bits per heavy atom. The van der Waals surface area contributed by atoms with Crippen LogP contribution in [0.2, 0.25) is 0 Å². The monoisotopic (exact) mass is 221 g/mol. The van der Waals surface area contributed by atoms with Crippen molar-refractivity contribution >= 4 is 5.91 Å². The average Bonchev–Trinajstić information content (AvgIpc) is 2.81. The Balaban J connectivity index is 1.67. The molecule has 1 saturated heterocycles. The first-order valence-corrected chi connectivity index (χ1v) is 5.93. The Kier molecular flexibility index (Phi) is 3.99. The summed E-state index contributed by atoms with van der Waals surface area (Å²) in [6.07, 6.45) is 6.69. The van der Waals surface area contributed by atoms with E-state index < -0.39 is 0 Å². The van der Waals surface area contributed by atoms with Crippen molar-refractivity contribution in [3.8, 4) is 0 Å². The minimum atomic E-state index is 0.174. The molecule has 1 aromatic rings. The van der Waals surface area contributed by atoms with Crippen molar-refractivity contribution in [2.75, 3.05) is 13.1 Å². The van der Waals surface area contributed by atoms with Crippen LogP contribution in [-0.4, -0.2) is 24.0 Å². The van der Waals surface area contributed by atoms with Gasteiger partial charge in [-0.1, -0.05) is 0 Å². The summed E-state index contributed by atoms with van der Waals surface area (Å²) in [5.74, 6) is 0.737. The molecule has 16 heavy (non-hydrogen) atoms. The van der Waals surface area contributed by atoms with Gasteiger partial charge in [-0.3, -0.25) is 4.79 Å². The van der Waals surface area contributed by atoms with E-state index in [0.29, 0.717) is 18.9 Å². The van der Waals surface area contributed by atoms with Crippen molar-refractivity contribution in [1.82, 2.24) is 15.6 Å². The molecule has 1 fully saturated rings. The van der Waals surface area contributed by atoms with Crippen LogP contribution in [0.1, 0.15) is 24.8 Å². The van der Waals surface area contributed by atoms with Gasteiger partial charge in [0.1, 0.15) is 0 Å². The third kappa shape index (κ3) is 3.38. The van der Waals surface area contributed by atoms with Crippen LogP contribution >= 0.6 is 0 Å². The Bertz CT molecular complexity index is 315. The largest absolute Gasteiger partial charge is 0.367 e. The second-order valence-electron chi connectivity index (χ2n) is 4.39. The topological polar surface area (TPSA) is 56.9 Å². The van der Waals surface area contributed by atoms with Crippen molar-refractivity contribution in [1.29, 1.82) is 0 Å². The number of hydrogen-bond acceptors (Lipinski definition) is 2. The molecule has 1 aliphatic rings. The Hall–Kier alpha value is -1.29. The second kappa shape index (κ2) is 5.70. The number of aromatic amines is 1. The zero-order chi connectivity index (χ0) is 11.2. The lowest BCUT2D eigenvalue weighted by Gasteiger charge is -2.21. The van der Waals surface area contributed by atoms with E-state index >= 15 is 0 Å². The molecule has 0 bridgehead atoms. The highest BCUT2D eigenvalue weighted by molar-refractivity contribution is 5.76. The fraction of sp³-hybridized carbons (Fsp3) is 0.583. The summed E-state index contributed by atoms with van der Waals surface area (Å²) >= 11 is 0. The molecular weight excluding hydrogens is 202 g/mol. The highest BCUT2D eigenvalue weighted by Gasteiger charge is 2.16. The van der Waals surface area contributed by atoms with Gasteiger partial charge in [0, 0.05) is 25.4 Å². The maximum atomic E-state index is 11.7. The standard InChI is InChI=1S/C12H19N3O/c16-12(7-10-1-4-13-5-2-10)15-9-11-3-6-14-8-11/h3,6,8,10,13-14H,1-2,4-5,7,9H2,(H,15,16). The van der Waals surface area contributed by atoms with Gasteiger partial charge in [0.05, 0.1) is 0 Å². The number of hydrogen-bond donors (Lipinski definition) is 3. The van der Waals surface area contributed by atoms with E-state index in [1.165, 1.54) is 0 Å². The van der Waals surface area contributed by atoms with Crippen LogP contribution in [0.3, 0.4) is 0 Å². The molecule has 0 saturated carbocycles. The van der Waals surface area contributed by atoms with Gasteiger partial charge in [0.2, 0.25) is 5.91 Å². The lowest BCUT2D eigenvalue weighted by atomic mass is 9.94. The number of rotatable bonds is 4. The molecule has 0 radical (unpaired) electrons. The molecular formula is C12H19N3O. The highest BCUT2D eigenvalue weighted by atomic mass is 16.1. The molecule has 2 heterocycles. The van der Waals surface area contributed by atoms with E-state index in [0.717, 1.165) is 31.5 Å². The smallest absolute Gasteiger partial charge is 0.220 e. The number of H-pyrrole nitrogens is 1. The van der Waals surface area contributed by atoms with E-state index in [-0.39, 0.29) is 5.91 Å². The molecule has 4 nitrogen and oxygen atoms in total. The van der Waals surface area contributed by atoms with Gasteiger partial charge in [-0.05, 0) is 43.5 Å². The summed E-state index contributed by atoms with van der Waals surface area (Å²) in [6.45, 7) is 2.73. The van der Waals surface area contributed by atoms with E-state index in [1.807, 2.05) is 18.5 Å². The molecule has 0 aromatic carbocycles. The van der Waals surface area contributed by atoms with E-state index in [9.17, 15) is 4.79 Å². The number of piperidine rings is 1. The minimum absolute atomic E-state index is 0.174. The Morgan fingerprint density at radius 2 is 2.25 bits per heavy atom. The summed E-state index contributed by atoms with van der Waals surface area (Å²) in [5.41, 5.74) is 1.12. The summed E-state index contributed by atoms with van der Waals surface area (Å²) in [6, 6.07) is 1.98. The summed E-state index contributed by atoms with van der Waals surface area (Å²) in [5, 5.41) is 6.26. The lowest BCUT2D eigenvalue weighted by molar-refractivity contribution is -0.122. The number of amides is 1. The van der Waals surface area contributed by atoms with Crippen LogP contribution in [0.5, 0.6) is 0 Å². The molecule has 0 spiro atoms. The van der Waals surface area contributed by atoms with Gasteiger partial charge in [0.15, 0.2) is 0 Å². The van der Waals surface area contributed by atoms with E-state index in [1.54, 1.807) is 0 Å². The van der Waals surface area contributed by atoms with Gasteiger partial charge in [-0.15, -0.1) is 0 Å². The molecule has 2 rings (SSSR count). The number of nitrogens with one attached hydrogen (secondary N) is 3. The molecule has 1 aliphatic heterocycles. The quantitative estimate of drug-likeness (QED) is 0.711. The van der Waals surface area contributed by atoms with Gasteiger partial charge in [-0.2, -0.15) is 0 Å². The fourth-order valence-electron chi connectivity index (χ4n) is 2.09. The van der Waals surface area contributed by atoms with Crippen molar-refractivity contribution in [3.05, 3.63) is 24.0 Å². The molecule has 3 N–H and O–H groups in total. The van der Waals surface area contributed by atoms with Gasteiger partial charge in [0.25, 0.3) is 0 Å². The molecule has 1 amide bonds. The lowest BCUT2D eigenvalue weighted by Crippen LogP contribution is -2.32. The Labute approximate surface area is 95.8 Å². The second-order valence-corrected chi connectivity index (χ2v) is 4.39. The molecule has 88 valence electrons. The van der Waals surface area contributed by atoms with E-state index in [2.05, 4.69) is 15.6 Å². The first kappa shape index (κ1) is 11.2. The zero-order valence-corrected chi connectivity index (χ0v) is 9.46. The molecule has 1 aromatic heterocycles. The Morgan fingerprint density at radius 1 is 1.44 bits per heavy atom. The van der Waals surface area contributed by atoms with Crippen LogP contribution in [-0.2, 0) is 11.3 Å². The normalized spacial score (nSPS) is 17.2. The zero-order valence-electron chi connectivity index (χ0n) is 9.46. The molecule has 0 atom stereocenters. The first-order valence-electron chi connectivity index (χ1n) is 5.93. The predicted molar refractivity (Wildman–Crippen MR) is 62.9 cm³/mol. The van der Waals surface area contributed by atoms with Gasteiger partial charge >= 0.3 is 0 Å². The SMILES string of the molecule is O=C(CC1CCNCC1)NCc1cc[nH]c1. The van der Waals surface area contributed by atoms with Crippen LogP contribution < -0.4 is 10.6 Å². The number of carbonyl (C=O) groups is 1. The minimum Gasteiger partial charge on any atom is -0.367 e. The molecule has 0 unspecified atom stereocenters. The first-order chi connectivity index (χ1) is 7.84. The van der Waals surface area contributed by atoms with Crippen LogP contribution in [0.4, 0.5) is 0 Å². The summed E-state index contributed by atoms with van der Waals surface area (Å²) < 4.78 is 0. The molecule has 4 heteroatoms. The predicted octanol–water partition coefficient (Wildman–Crippen LogP) is 1.02. The van der Waals surface area contributed by atoms with Crippen LogP contribution in [0.25, 0.3) is 0 Å². The van der Waals surface area contributed by atoms with Crippen molar-refractivity contribution < 1.29 is 4.79 Å².